The second-order valence-electron chi connectivity index (χ2n) is 7.55. The summed E-state index contributed by atoms with van der Waals surface area (Å²) in [5.41, 5.74) is 1.53. The maximum atomic E-state index is 12.8. The number of amides is 2. The summed E-state index contributed by atoms with van der Waals surface area (Å²) in [6.07, 6.45) is 1.94. The van der Waals surface area contributed by atoms with Gasteiger partial charge in [0, 0.05) is 28.4 Å². The van der Waals surface area contributed by atoms with E-state index in [1.165, 1.54) is 11.3 Å². The summed E-state index contributed by atoms with van der Waals surface area (Å²) >= 11 is 14.4. The highest BCUT2D eigenvalue weighted by Gasteiger charge is 2.25. The molecule has 2 aromatic rings. The number of piperidine rings is 1. The Balaban J connectivity index is 1.71. The maximum absolute atomic E-state index is 12.8. The average molecular weight is 458 g/mol. The normalized spacial score (nSPS) is 16.6. The molecule has 0 spiro atoms. The Morgan fingerprint density at radius 2 is 1.97 bits per heavy atom. The highest BCUT2D eigenvalue weighted by Crippen LogP contribution is 2.40. The number of carbonyl (C=O) groups is 1. The number of thiophene rings is 1. The lowest BCUT2D eigenvalue weighted by Crippen LogP contribution is -2.48. The molecule has 1 aliphatic heterocycles. The van der Waals surface area contributed by atoms with Crippen LogP contribution in [0.3, 0.4) is 0 Å². The van der Waals surface area contributed by atoms with Gasteiger partial charge < -0.3 is 15.1 Å². The molecular formula is C21H26Cl2FN3OS. The Morgan fingerprint density at radius 3 is 2.59 bits per heavy atom. The van der Waals surface area contributed by atoms with Crippen molar-refractivity contribution >= 4 is 40.6 Å². The lowest BCUT2D eigenvalue weighted by molar-refractivity contribution is 0.146. The van der Waals surface area contributed by atoms with Gasteiger partial charge in [0.2, 0.25) is 0 Å². The number of benzene rings is 1. The molecule has 0 saturated carbocycles. The molecule has 1 aliphatic rings. The van der Waals surface area contributed by atoms with Crippen LogP contribution < -0.4 is 5.32 Å². The van der Waals surface area contributed by atoms with E-state index in [1.807, 2.05) is 32.2 Å². The van der Waals surface area contributed by atoms with Gasteiger partial charge in [0.1, 0.15) is 6.67 Å². The van der Waals surface area contributed by atoms with E-state index in [9.17, 15) is 9.18 Å². The number of alkyl halides is 1. The average Bonchev–Trinajstić information content (AvgIpc) is 3.18. The monoisotopic (exact) mass is 457 g/mol. The van der Waals surface area contributed by atoms with Crippen LogP contribution >= 0.6 is 34.5 Å². The molecule has 2 amide bonds. The summed E-state index contributed by atoms with van der Waals surface area (Å²) in [6.45, 7) is 3.38. The second-order valence-corrected chi connectivity index (χ2v) is 9.47. The molecule has 1 aromatic carbocycles. The Hall–Kier alpha value is -1.34. The highest BCUT2D eigenvalue weighted by molar-refractivity contribution is 7.15. The summed E-state index contributed by atoms with van der Waals surface area (Å²) in [7, 11) is 3.94. The van der Waals surface area contributed by atoms with Crippen LogP contribution in [0.1, 0.15) is 36.2 Å². The first-order valence-corrected chi connectivity index (χ1v) is 11.2. The Bertz CT molecular complexity index is 868. The molecule has 0 radical (unpaired) electrons. The van der Waals surface area contributed by atoms with Crippen molar-refractivity contribution in [3.05, 3.63) is 44.8 Å². The number of hydrogen-bond donors (Lipinski definition) is 1. The zero-order chi connectivity index (χ0) is 21.1. The third kappa shape index (κ3) is 5.05. The molecule has 0 bridgehead atoms. The van der Waals surface area contributed by atoms with E-state index in [4.69, 9.17) is 23.2 Å². The van der Waals surface area contributed by atoms with E-state index < -0.39 is 6.67 Å². The van der Waals surface area contributed by atoms with E-state index in [1.54, 1.807) is 11.0 Å². The topological polar surface area (TPSA) is 35.6 Å². The zero-order valence-corrected chi connectivity index (χ0v) is 19.2. The number of halogens is 3. The number of hydrogen-bond acceptors (Lipinski definition) is 3. The number of carbonyl (C=O) groups excluding carboxylic acids is 1. The van der Waals surface area contributed by atoms with Crippen LogP contribution in [0.4, 0.5) is 9.18 Å². The summed E-state index contributed by atoms with van der Waals surface area (Å²) in [5.74, 6) is 0. The smallest absolute Gasteiger partial charge is 0.317 e. The lowest BCUT2D eigenvalue weighted by atomic mass is 10.0. The number of likely N-dealkylation sites (tertiary alicyclic amines) is 1. The van der Waals surface area contributed by atoms with E-state index in [0.29, 0.717) is 14.9 Å². The van der Waals surface area contributed by atoms with Gasteiger partial charge in [-0.1, -0.05) is 35.3 Å². The van der Waals surface area contributed by atoms with Gasteiger partial charge in [-0.15, -0.1) is 11.3 Å². The van der Waals surface area contributed by atoms with Crippen molar-refractivity contribution in [1.82, 2.24) is 15.1 Å². The minimum Gasteiger partial charge on any atom is -0.331 e. The van der Waals surface area contributed by atoms with Crippen LogP contribution in [0, 0.1) is 0 Å². The first kappa shape index (κ1) is 22.3. The number of nitrogens with zero attached hydrogens (tertiary/aromatic N) is 2. The van der Waals surface area contributed by atoms with Crippen molar-refractivity contribution in [3.8, 4) is 10.4 Å². The van der Waals surface area contributed by atoms with Crippen LogP contribution in [0.2, 0.25) is 10.0 Å². The highest BCUT2D eigenvalue weighted by atomic mass is 35.5. The Kier molecular flexibility index (Phi) is 7.43. The standard InChI is InChI=1S/C21H26Cl2FN3OS/c1-13(25-21(28)27(3)14-8-10-26(2)11-9-14)16-5-6-17(20(23)19(16)22)18-7-4-15(12-24)29-18/h4-7,13-14H,8-12H2,1-3H3,(H,25,28). The molecular weight excluding hydrogens is 432 g/mol. The molecule has 3 rings (SSSR count). The Labute approximate surface area is 185 Å². The van der Waals surface area contributed by atoms with Crippen LogP contribution in [-0.2, 0) is 6.67 Å². The van der Waals surface area contributed by atoms with Crippen molar-refractivity contribution in [2.45, 2.75) is 38.5 Å². The Morgan fingerprint density at radius 1 is 1.28 bits per heavy atom. The molecule has 1 N–H and O–H groups in total. The van der Waals surface area contributed by atoms with E-state index >= 15 is 0 Å². The van der Waals surface area contributed by atoms with Crippen LogP contribution in [0.15, 0.2) is 24.3 Å². The van der Waals surface area contributed by atoms with Crippen molar-refractivity contribution in [2.75, 3.05) is 27.2 Å². The summed E-state index contributed by atoms with van der Waals surface area (Å²) in [4.78, 5) is 18.3. The molecule has 2 heterocycles. The fourth-order valence-electron chi connectivity index (χ4n) is 3.60. The van der Waals surface area contributed by atoms with Crippen molar-refractivity contribution in [2.24, 2.45) is 0 Å². The van der Waals surface area contributed by atoms with Gasteiger partial charge >= 0.3 is 6.03 Å². The van der Waals surface area contributed by atoms with Gasteiger partial charge in [-0.25, -0.2) is 9.18 Å². The molecule has 1 atom stereocenters. The lowest BCUT2D eigenvalue weighted by Gasteiger charge is -2.35. The van der Waals surface area contributed by atoms with Gasteiger partial charge in [0.25, 0.3) is 0 Å². The van der Waals surface area contributed by atoms with Gasteiger partial charge in [-0.2, -0.15) is 0 Å². The summed E-state index contributed by atoms with van der Waals surface area (Å²) in [6, 6.07) is 7.18. The minimum absolute atomic E-state index is 0.117. The largest absolute Gasteiger partial charge is 0.331 e. The maximum Gasteiger partial charge on any atom is 0.317 e. The predicted octanol–water partition coefficient (Wildman–Crippen LogP) is 5.99. The zero-order valence-electron chi connectivity index (χ0n) is 16.8. The third-order valence-electron chi connectivity index (χ3n) is 5.53. The van der Waals surface area contributed by atoms with Gasteiger partial charge in [-0.05, 0) is 57.6 Å². The predicted molar refractivity (Wildman–Crippen MR) is 120 cm³/mol. The van der Waals surface area contributed by atoms with Gasteiger partial charge in [0.05, 0.1) is 16.1 Å². The molecule has 158 valence electrons. The first-order valence-electron chi connectivity index (χ1n) is 9.66. The van der Waals surface area contributed by atoms with Gasteiger partial charge in [0.15, 0.2) is 0 Å². The second kappa shape index (κ2) is 9.65. The quantitative estimate of drug-likeness (QED) is 0.598. The van der Waals surface area contributed by atoms with Gasteiger partial charge in [-0.3, -0.25) is 0 Å². The molecule has 8 heteroatoms. The van der Waals surface area contributed by atoms with E-state index in [2.05, 4.69) is 17.3 Å². The number of rotatable bonds is 5. The first-order chi connectivity index (χ1) is 13.8. The molecule has 29 heavy (non-hydrogen) atoms. The third-order valence-corrected chi connectivity index (χ3v) is 7.51. The van der Waals surface area contributed by atoms with Crippen molar-refractivity contribution in [1.29, 1.82) is 0 Å². The molecule has 1 fully saturated rings. The van der Waals surface area contributed by atoms with E-state index in [-0.39, 0.29) is 18.1 Å². The fraction of sp³-hybridized carbons (Fsp3) is 0.476. The molecule has 4 nitrogen and oxygen atoms in total. The van der Waals surface area contributed by atoms with Crippen molar-refractivity contribution < 1.29 is 9.18 Å². The number of urea groups is 1. The van der Waals surface area contributed by atoms with Crippen molar-refractivity contribution in [3.63, 3.8) is 0 Å². The molecule has 1 aromatic heterocycles. The molecule has 1 unspecified atom stereocenters. The van der Waals surface area contributed by atoms with Crippen LogP contribution in [0.25, 0.3) is 10.4 Å². The fourth-order valence-corrected chi connectivity index (χ4v) is 5.14. The molecule has 1 saturated heterocycles. The van der Waals surface area contributed by atoms with Crippen LogP contribution in [0.5, 0.6) is 0 Å². The summed E-state index contributed by atoms with van der Waals surface area (Å²) in [5, 5.41) is 3.86. The van der Waals surface area contributed by atoms with E-state index in [0.717, 1.165) is 41.9 Å². The molecule has 0 aliphatic carbocycles. The minimum atomic E-state index is -0.498. The number of nitrogens with one attached hydrogen (secondary N) is 1. The van der Waals surface area contributed by atoms with Crippen LogP contribution in [-0.4, -0.2) is 49.1 Å². The summed E-state index contributed by atoms with van der Waals surface area (Å²) < 4.78 is 12.8. The SMILES string of the molecule is CC(NC(=O)N(C)C1CCN(C)CC1)c1ccc(-c2ccc(CF)s2)c(Cl)c1Cl.